The van der Waals surface area contributed by atoms with Crippen molar-refractivity contribution >= 4 is 17.5 Å². The highest BCUT2D eigenvalue weighted by Gasteiger charge is 2.16. The number of furan rings is 1. The maximum absolute atomic E-state index is 12.1. The molecular formula is C16H18ClNO2. The second-order valence-electron chi connectivity index (χ2n) is 4.95. The van der Waals surface area contributed by atoms with Gasteiger partial charge in [0.1, 0.15) is 5.76 Å². The van der Waals surface area contributed by atoms with E-state index in [-0.39, 0.29) is 23.6 Å². The van der Waals surface area contributed by atoms with Crippen LogP contribution in [0, 0.1) is 13.8 Å². The molecule has 20 heavy (non-hydrogen) atoms. The van der Waals surface area contributed by atoms with E-state index in [1.54, 1.807) is 12.1 Å². The van der Waals surface area contributed by atoms with Crippen LogP contribution < -0.4 is 5.32 Å². The first-order valence-electron chi connectivity index (χ1n) is 6.54. The van der Waals surface area contributed by atoms with E-state index in [0.29, 0.717) is 5.76 Å². The number of nitrogens with one attached hydrogen (secondary N) is 1. The first-order chi connectivity index (χ1) is 9.51. The summed E-state index contributed by atoms with van der Waals surface area (Å²) < 4.78 is 5.34. The minimum Gasteiger partial charge on any atom is -0.455 e. The number of aryl methyl sites for hydroxylation is 2. The summed E-state index contributed by atoms with van der Waals surface area (Å²) in [5, 5.41) is 2.94. The van der Waals surface area contributed by atoms with Crippen LogP contribution in [-0.4, -0.2) is 5.91 Å². The normalized spacial score (nSPS) is 12.2. The summed E-state index contributed by atoms with van der Waals surface area (Å²) in [5.74, 6) is 0.920. The molecule has 1 unspecified atom stereocenters. The number of benzene rings is 1. The van der Waals surface area contributed by atoms with Gasteiger partial charge < -0.3 is 9.73 Å². The van der Waals surface area contributed by atoms with Gasteiger partial charge in [-0.3, -0.25) is 4.79 Å². The molecule has 2 aromatic rings. The van der Waals surface area contributed by atoms with Gasteiger partial charge in [0.15, 0.2) is 5.76 Å². The van der Waals surface area contributed by atoms with Gasteiger partial charge >= 0.3 is 0 Å². The summed E-state index contributed by atoms with van der Waals surface area (Å²) in [6, 6.07) is 9.49. The van der Waals surface area contributed by atoms with Crippen molar-refractivity contribution in [3.63, 3.8) is 0 Å². The van der Waals surface area contributed by atoms with E-state index in [1.807, 2.05) is 20.8 Å². The van der Waals surface area contributed by atoms with Crippen molar-refractivity contribution in [1.29, 1.82) is 0 Å². The van der Waals surface area contributed by atoms with Crippen molar-refractivity contribution in [2.45, 2.75) is 32.7 Å². The molecule has 1 N–H and O–H groups in total. The van der Waals surface area contributed by atoms with Crippen LogP contribution in [0.4, 0.5) is 0 Å². The topological polar surface area (TPSA) is 42.2 Å². The average Bonchev–Trinajstić information content (AvgIpc) is 2.90. The van der Waals surface area contributed by atoms with Crippen molar-refractivity contribution < 1.29 is 9.21 Å². The Morgan fingerprint density at radius 2 is 2.05 bits per heavy atom. The molecule has 0 fully saturated rings. The highest BCUT2D eigenvalue weighted by Crippen LogP contribution is 2.20. The zero-order valence-electron chi connectivity index (χ0n) is 11.9. The van der Waals surface area contributed by atoms with E-state index in [1.165, 1.54) is 5.56 Å². The zero-order valence-corrected chi connectivity index (χ0v) is 12.6. The summed E-state index contributed by atoms with van der Waals surface area (Å²) in [7, 11) is 0. The molecular weight excluding hydrogens is 274 g/mol. The van der Waals surface area contributed by atoms with E-state index >= 15 is 0 Å². The quantitative estimate of drug-likeness (QED) is 0.861. The molecule has 106 valence electrons. The number of carbonyl (C=O) groups excluding carboxylic acids is 1. The standard InChI is InChI=1S/C16H18ClNO2/c1-10-4-5-11(2)14(8-10)12(3)18-16(19)15-7-6-13(9-17)20-15/h4-8,12H,9H2,1-3H3,(H,18,19). The third-order valence-corrected chi connectivity index (χ3v) is 3.53. The Kier molecular flexibility index (Phi) is 4.50. The lowest BCUT2D eigenvalue weighted by Gasteiger charge is -2.16. The van der Waals surface area contributed by atoms with E-state index in [4.69, 9.17) is 16.0 Å². The second kappa shape index (κ2) is 6.14. The van der Waals surface area contributed by atoms with Crippen LogP contribution >= 0.6 is 11.6 Å². The highest BCUT2D eigenvalue weighted by atomic mass is 35.5. The van der Waals surface area contributed by atoms with Crippen molar-refractivity contribution in [3.8, 4) is 0 Å². The Morgan fingerprint density at radius 1 is 1.30 bits per heavy atom. The van der Waals surface area contributed by atoms with Crippen molar-refractivity contribution in [3.05, 3.63) is 58.5 Å². The van der Waals surface area contributed by atoms with Gasteiger partial charge in [0.25, 0.3) is 5.91 Å². The number of hydrogen-bond acceptors (Lipinski definition) is 2. The van der Waals surface area contributed by atoms with Crippen molar-refractivity contribution in [1.82, 2.24) is 5.32 Å². The molecule has 0 saturated carbocycles. The molecule has 1 heterocycles. The Labute approximate surface area is 123 Å². The van der Waals surface area contributed by atoms with Crippen LogP contribution in [0.1, 0.15) is 46.0 Å². The molecule has 0 bridgehead atoms. The summed E-state index contributed by atoms with van der Waals surface area (Å²) in [6.07, 6.45) is 0. The van der Waals surface area contributed by atoms with Gasteiger partial charge in [0.05, 0.1) is 11.9 Å². The zero-order chi connectivity index (χ0) is 14.7. The predicted molar refractivity (Wildman–Crippen MR) is 80.1 cm³/mol. The lowest BCUT2D eigenvalue weighted by atomic mass is 10.00. The van der Waals surface area contributed by atoms with Crippen molar-refractivity contribution in [2.24, 2.45) is 0 Å². The fraction of sp³-hybridized carbons (Fsp3) is 0.312. The minimum atomic E-state index is -0.227. The van der Waals surface area contributed by atoms with Crippen LogP contribution in [-0.2, 0) is 5.88 Å². The van der Waals surface area contributed by atoms with E-state index in [2.05, 4.69) is 23.5 Å². The molecule has 2 rings (SSSR count). The molecule has 3 nitrogen and oxygen atoms in total. The first-order valence-corrected chi connectivity index (χ1v) is 7.07. The Hall–Kier alpha value is -1.74. The number of halogens is 1. The van der Waals surface area contributed by atoms with Crippen LogP contribution in [0.15, 0.2) is 34.7 Å². The molecule has 1 aromatic heterocycles. The number of alkyl halides is 1. The molecule has 0 aliphatic carbocycles. The highest BCUT2D eigenvalue weighted by molar-refractivity contribution is 6.16. The number of rotatable bonds is 4. The summed E-state index contributed by atoms with van der Waals surface area (Å²) in [6.45, 7) is 6.04. The van der Waals surface area contributed by atoms with Gasteiger partial charge in [-0.1, -0.05) is 23.8 Å². The first kappa shape index (κ1) is 14.7. The van der Waals surface area contributed by atoms with Gasteiger partial charge in [-0.05, 0) is 44.0 Å². The second-order valence-corrected chi connectivity index (χ2v) is 5.22. The summed E-state index contributed by atoms with van der Waals surface area (Å²) >= 11 is 5.66. The fourth-order valence-corrected chi connectivity index (χ4v) is 2.29. The lowest BCUT2D eigenvalue weighted by Crippen LogP contribution is -2.26. The Balaban J connectivity index is 2.12. The predicted octanol–water partition coefficient (Wildman–Crippen LogP) is 4.13. The third kappa shape index (κ3) is 3.23. The molecule has 1 amide bonds. The SMILES string of the molecule is Cc1ccc(C)c(C(C)NC(=O)c2ccc(CCl)o2)c1. The van der Waals surface area contributed by atoms with E-state index in [0.717, 1.165) is 11.1 Å². The Bertz CT molecular complexity index is 619. The molecule has 0 spiro atoms. The number of amides is 1. The van der Waals surface area contributed by atoms with Crippen LogP contribution in [0.2, 0.25) is 0 Å². The van der Waals surface area contributed by atoms with Gasteiger partial charge in [-0.2, -0.15) is 0 Å². The third-order valence-electron chi connectivity index (χ3n) is 3.27. The average molecular weight is 292 g/mol. The molecule has 0 radical (unpaired) electrons. The number of carbonyl (C=O) groups is 1. The van der Waals surface area contributed by atoms with Crippen LogP contribution in [0.25, 0.3) is 0 Å². The van der Waals surface area contributed by atoms with E-state index in [9.17, 15) is 4.79 Å². The van der Waals surface area contributed by atoms with Crippen molar-refractivity contribution in [2.75, 3.05) is 0 Å². The number of hydrogen-bond donors (Lipinski definition) is 1. The van der Waals surface area contributed by atoms with Gasteiger partial charge in [0.2, 0.25) is 0 Å². The summed E-state index contributed by atoms with van der Waals surface area (Å²) in [4.78, 5) is 12.1. The molecule has 0 aliphatic rings. The molecule has 4 heteroatoms. The van der Waals surface area contributed by atoms with Gasteiger partial charge in [-0.25, -0.2) is 0 Å². The fourth-order valence-electron chi connectivity index (χ4n) is 2.14. The molecule has 0 aliphatic heterocycles. The van der Waals surface area contributed by atoms with Gasteiger partial charge in [0, 0.05) is 0 Å². The molecule has 1 aromatic carbocycles. The largest absolute Gasteiger partial charge is 0.455 e. The molecule has 0 saturated heterocycles. The maximum Gasteiger partial charge on any atom is 0.287 e. The van der Waals surface area contributed by atoms with Crippen LogP contribution in [0.3, 0.4) is 0 Å². The smallest absolute Gasteiger partial charge is 0.287 e. The minimum absolute atomic E-state index is 0.0769. The van der Waals surface area contributed by atoms with Gasteiger partial charge in [-0.15, -0.1) is 11.6 Å². The lowest BCUT2D eigenvalue weighted by molar-refractivity contribution is 0.0910. The van der Waals surface area contributed by atoms with Crippen LogP contribution in [0.5, 0.6) is 0 Å². The summed E-state index contributed by atoms with van der Waals surface area (Å²) in [5.41, 5.74) is 3.45. The monoisotopic (exact) mass is 291 g/mol. The Morgan fingerprint density at radius 3 is 2.70 bits per heavy atom. The van der Waals surface area contributed by atoms with E-state index < -0.39 is 0 Å². The maximum atomic E-state index is 12.1. The molecule has 1 atom stereocenters.